The minimum Gasteiger partial charge on any atom is -0.273 e. The van der Waals surface area contributed by atoms with E-state index in [2.05, 4.69) is 15.8 Å². The van der Waals surface area contributed by atoms with Gasteiger partial charge in [-0.05, 0) is 30.5 Å². The fourth-order valence-corrected chi connectivity index (χ4v) is 3.46. The molecule has 3 aromatic rings. The molecule has 2 amide bonds. The molecule has 0 fully saturated rings. The number of para-hydroxylation sites is 1. The highest BCUT2D eigenvalue weighted by Crippen LogP contribution is 2.22. The molecule has 5 nitrogen and oxygen atoms in total. The van der Waals surface area contributed by atoms with Crippen molar-refractivity contribution in [1.82, 2.24) is 15.8 Å². The molecule has 0 unspecified atom stereocenters. The van der Waals surface area contributed by atoms with E-state index < -0.39 is 0 Å². The zero-order valence-electron chi connectivity index (χ0n) is 13.7. The molecule has 0 spiro atoms. The highest BCUT2D eigenvalue weighted by Gasteiger charge is 2.07. The molecule has 1 aromatic heterocycles. The molecule has 0 saturated carbocycles. The Balaban J connectivity index is 1.37. The predicted molar refractivity (Wildman–Crippen MR) is 99.0 cm³/mol. The lowest BCUT2D eigenvalue weighted by molar-refractivity contribution is -0.128. The lowest BCUT2D eigenvalue weighted by Crippen LogP contribution is -2.42. The van der Waals surface area contributed by atoms with Crippen LogP contribution < -0.4 is 10.9 Å². The second-order valence-corrected chi connectivity index (χ2v) is 6.80. The SMILES string of the molecule is O=C(CCCc1nc2ccccc2s1)NNC(=O)Cc1ccccc1. The average molecular weight is 353 g/mol. The fourth-order valence-electron chi connectivity index (χ4n) is 2.45. The van der Waals surface area contributed by atoms with Crippen LogP contribution in [-0.4, -0.2) is 16.8 Å². The van der Waals surface area contributed by atoms with Gasteiger partial charge in [0.1, 0.15) is 0 Å². The van der Waals surface area contributed by atoms with Gasteiger partial charge in [0.2, 0.25) is 11.8 Å². The summed E-state index contributed by atoms with van der Waals surface area (Å²) in [6.07, 6.45) is 2.04. The fraction of sp³-hybridized carbons (Fsp3) is 0.211. The monoisotopic (exact) mass is 353 g/mol. The van der Waals surface area contributed by atoms with Crippen molar-refractivity contribution < 1.29 is 9.59 Å². The second kappa shape index (κ2) is 8.39. The maximum atomic E-state index is 11.8. The number of hydrazine groups is 1. The molecule has 0 radical (unpaired) electrons. The number of hydrogen-bond donors (Lipinski definition) is 2. The van der Waals surface area contributed by atoms with Crippen LogP contribution in [0, 0.1) is 0 Å². The van der Waals surface area contributed by atoms with Crippen molar-refractivity contribution in [2.75, 3.05) is 0 Å². The third kappa shape index (κ3) is 5.12. The van der Waals surface area contributed by atoms with Crippen molar-refractivity contribution in [1.29, 1.82) is 0 Å². The third-order valence-electron chi connectivity index (χ3n) is 3.68. The Labute approximate surface area is 150 Å². The molecule has 0 aliphatic heterocycles. The number of aromatic nitrogens is 1. The lowest BCUT2D eigenvalue weighted by Gasteiger charge is -2.07. The normalized spacial score (nSPS) is 10.6. The van der Waals surface area contributed by atoms with E-state index in [-0.39, 0.29) is 18.2 Å². The zero-order valence-corrected chi connectivity index (χ0v) is 14.5. The number of rotatable bonds is 6. The van der Waals surface area contributed by atoms with E-state index in [1.807, 2.05) is 54.6 Å². The van der Waals surface area contributed by atoms with Crippen LogP contribution in [0.25, 0.3) is 10.2 Å². The van der Waals surface area contributed by atoms with E-state index in [4.69, 9.17) is 0 Å². The van der Waals surface area contributed by atoms with Crippen molar-refractivity contribution >= 4 is 33.4 Å². The van der Waals surface area contributed by atoms with Gasteiger partial charge in [-0.25, -0.2) is 4.98 Å². The standard InChI is InChI=1S/C19H19N3O2S/c23-17(21-22-18(24)13-14-7-2-1-3-8-14)11-6-12-19-20-15-9-4-5-10-16(15)25-19/h1-5,7-10H,6,11-13H2,(H,21,23)(H,22,24). The van der Waals surface area contributed by atoms with E-state index in [9.17, 15) is 9.59 Å². The van der Waals surface area contributed by atoms with Gasteiger partial charge < -0.3 is 0 Å². The van der Waals surface area contributed by atoms with E-state index in [1.165, 1.54) is 0 Å². The largest absolute Gasteiger partial charge is 0.273 e. The molecular weight excluding hydrogens is 334 g/mol. The molecule has 0 aliphatic rings. The summed E-state index contributed by atoms with van der Waals surface area (Å²) in [6, 6.07) is 17.4. The summed E-state index contributed by atoms with van der Waals surface area (Å²) in [4.78, 5) is 28.1. The van der Waals surface area contributed by atoms with Gasteiger partial charge in [0.25, 0.3) is 0 Å². The van der Waals surface area contributed by atoms with Crippen LogP contribution in [0.15, 0.2) is 54.6 Å². The van der Waals surface area contributed by atoms with Crippen LogP contribution in [-0.2, 0) is 22.4 Å². The van der Waals surface area contributed by atoms with Gasteiger partial charge in [-0.3, -0.25) is 20.4 Å². The van der Waals surface area contributed by atoms with Gasteiger partial charge in [-0.15, -0.1) is 11.3 Å². The topological polar surface area (TPSA) is 71.1 Å². The number of carbonyl (C=O) groups excluding carboxylic acids is 2. The Morgan fingerprint density at radius 1 is 0.920 bits per heavy atom. The number of carbonyl (C=O) groups is 2. The number of fused-ring (bicyclic) bond motifs is 1. The molecule has 3 rings (SSSR count). The summed E-state index contributed by atoms with van der Waals surface area (Å²) in [7, 11) is 0. The molecule has 0 saturated heterocycles. The molecule has 1 heterocycles. The van der Waals surface area contributed by atoms with Crippen molar-refractivity contribution in [3.63, 3.8) is 0 Å². The molecule has 0 bridgehead atoms. The van der Waals surface area contributed by atoms with Crippen LogP contribution in [0.4, 0.5) is 0 Å². The number of benzene rings is 2. The Bertz CT molecular complexity index is 828. The molecule has 2 aromatic carbocycles. The van der Waals surface area contributed by atoms with Crippen LogP contribution in [0.1, 0.15) is 23.4 Å². The molecule has 25 heavy (non-hydrogen) atoms. The molecule has 0 atom stereocenters. The first-order valence-electron chi connectivity index (χ1n) is 8.17. The van der Waals surface area contributed by atoms with Crippen LogP contribution in [0.5, 0.6) is 0 Å². The molecular formula is C19H19N3O2S. The van der Waals surface area contributed by atoms with Gasteiger partial charge in [0.05, 0.1) is 21.6 Å². The van der Waals surface area contributed by atoms with Crippen LogP contribution in [0.3, 0.4) is 0 Å². The minimum atomic E-state index is -0.231. The van der Waals surface area contributed by atoms with Crippen LogP contribution in [0.2, 0.25) is 0 Å². The zero-order chi connectivity index (χ0) is 17.5. The summed E-state index contributed by atoms with van der Waals surface area (Å²) in [5.41, 5.74) is 6.82. The lowest BCUT2D eigenvalue weighted by atomic mass is 10.1. The number of nitrogens with zero attached hydrogens (tertiary/aromatic N) is 1. The van der Waals surface area contributed by atoms with E-state index in [0.717, 1.165) is 27.2 Å². The minimum absolute atomic E-state index is 0.192. The maximum absolute atomic E-state index is 11.8. The Morgan fingerprint density at radius 3 is 2.44 bits per heavy atom. The van der Waals surface area contributed by atoms with Crippen molar-refractivity contribution in [2.24, 2.45) is 0 Å². The number of amides is 2. The predicted octanol–water partition coefficient (Wildman–Crippen LogP) is 3.01. The van der Waals surface area contributed by atoms with Crippen molar-refractivity contribution in [3.8, 4) is 0 Å². The third-order valence-corrected chi connectivity index (χ3v) is 4.78. The number of aryl methyl sites for hydroxylation is 1. The second-order valence-electron chi connectivity index (χ2n) is 5.69. The molecule has 128 valence electrons. The van der Waals surface area contributed by atoms with Gasteiger partial charge in [0, 0.05) is 6.42 Å². The number of thiazole rings is 1. The Hall–Kier alpha value is -2.73. The highest BCUT2D eigenvalue weighted by atomic mass is 32.1. The van der Waals surface area contributed by atoms with Gasteiger partial charge in [0.15, 0.2) is 0 Å². The summed E-state index contributed by atoms with van der Waals surface area (Å²) < 4.78 is 1.16. The van der Waals surface area contributed by atoms with Gasteiger partial charge in [-0.1, -0.05) is 42.5 Å². The average Bonchev–Trinajstić information content (AvgIpc) is 3.03. The van der Waals surface area contributed by atoms with E-state index >= 15 is 0 Å². The highest BCUT2D eigenvalue weighted by molar-refractivity contribution is 7.18. The molecule has 6 heteroatoms. The summed E-state index contributed by atoms with van der Waals surface area (Å²) in [5.74, 6) is -0.423. The van der Waals surface area contributed by atoms with Gasteiger partial charge in [-0.2, -0.15) is 0 Å². The summed E-state index contributed by atoms with van der Waals surface area (Å²) in [5, 5.41) is 1.03. The van der Waals surface area contributed by atoms with E-state index in [1.54, 1.807) is 11.3 Å². The van der Waals surface area contributed by atoms with Crippen molar-refractivity contribution in [2.45, 2.75) is 25.7 Å². The Kier molecular flexibility index (Phi) is 5.74. The Morgan fingerprint density at radius 2 is 1.64 bits per heavy atom. The molecule has 2 N–H and O–H groups in total. The quantitative estimate of drug-likeness (QED) is 0.669. The number of nitrogens with one attached hydrogen (secondary N) is 2. The summed E-state index contributed by atoms with van der Waals surface area (Å²) >= 11 is 1.66. The number of hydrogen-bond acceptors (Lipinski definition) is 4. The first-order chi connectivity index (χ1) is 12.2. The first kappa shape index (κ1) is 17.1. The smallest absolute Gasteiger partial charge is 0.242 e. The van der Waals surface area contributed by atoms with Gasteiger partial charge >= 0.3 is 0 Å². The first-order valence-corrected chi connectivity index (χ1v) is 8.98. The maximum Gasteiger partial charge on any atom is 0.242 e. The van der Waals surface area contributed by atoms with E-state index in [0.29, 0.717) is 12.8 Å². The van der Waals surface area contributed by atoms with Crippen LogP contribution >= 0.6 is 11.3 Å². The van der Waals surface area contributed by atoms with Crippen molar-refractivity contribution in [3.05, 3.63) is 65.2 Å². The summed E-state index contributed by atoms with van der Waals surface area (Å²) in [6.45, 7) is 0. The molecule has 0 aliphatic carbocycles.